The number of benzene rings is 2. The molecule has 0 bridgehead atoms. The highest BCUT2D eigenvalue weighted by molar-refractivity contribution is 5.94. The first-order valence-corrected chi connectivity index (χ1v) is 15.0. The number of nitrogens with zero attached hydrogens (tertiary/aromatic N) is 2. The summed E-state index contributed by atoms with van der Waals surface area (Å²) in [5.41, 5.74) is 2.69. The average molecular weight is 591 g/mol. The van der Waals surface area contributed by atoms with E-state index in [9.17, 15) is 14.4 Å². The first-order valence-electron chi connectivity index (χ1n) is 15.0. The molecule has 2 amide bonds. The first-order chi connectivity index (χ1) is 20.7. The van der Waals surface area contributed by atoms with Crippen LogP contribution in [-0.4, -0.2) is 52.4 Å². The molecule has 1 heterocycles. The molecule has 4 rings (SSSR count). The minimum absolute atomic E-state index is 0.0453. The van der Waals surface area contributed by atoms with Crippen LogP contribution >= 0.6 is 0 Å². The van der Waals surface area contributed by atoms with Crippen LogP contribution in [0.4, 0.5) is 0 Å². The molecule has 0 aliphatic heterocycles. The molecule has 230 valence electrons. The molecule has 3 N–H and O–H groups in total. The van der Waals surface area contributed by atoms with Gasteiger partial charge in [0.25, 0.3) is 5.91 Å². The van der Waals surface area contributed by atoms with Crippen molar-refractivity contribution in [3.05, 3.63) is 65.9 Å². The zero-order chi connectivity index (χ0) is 30.8. The van der Waals surface area contributed by atoms with Crippen LogP contribution in [0, 0.1) is 11.8 Å². The number of carboxylic acid groups (broad SMARTS) is 1. The van der Waals surface area contributed by atoms with Crippen LogP contribution in [0.5, 0.6) is 11.5 Å². The van der Waals surface area contributed by atoms with E-state index in [0.717, 1.165) is 29.7 Å². The topological polar surface area (TPSA) is 132 Å². The van der Waals surface area contributed by atoms with Crippen molar-refractivity contribution in [1.29, 1.82) is 0 Å². The van der Waals surface area contributed by atoms with Crippen molar-refractivity contribution in [2.75, 3.05) is 13.7 Å². The summed E-state index contributed by atoms with van der Waals surface area (Å²) in [6.45, 7) is 4.34. The van der Waals surface area contributed by atoms with E-state index in [4.69, 9.17) is 19.7 Å². The molecular weight excluding hydrogens is 548 g/mol. The molecule has 1 unspecified atom stereocenters. The Morgan fingerprint density at radius 3 is 2.42 bits per heavy atom. The highest BCUT2D eigenvalue weighted by Gasteiger charge is 2.26. The van der Waals surface area contributed by atoms with Gasteiger partial charge < -0.3 is 25.2 Å². The van der Waals surface area contributed by atoms with Gasteiger partial charge in [-0.3, -0.25) is 19.1 Å². The molecule has 1 aliphatic carbocycles. The molecule has 1 saturated carbocycles. The van der Waals surface area contributed by atoms with Gasteiger partial charge in [0.1, 0.15) is 24.7 Å². The summed E-state index contributed by atoms with van der Waals surface area (Å²) in [6, 6.07) is 16.8. The van der Waals surface area contributed by atoms with Gasteiger partial charge >= 0.3 is 5.97 Å². The molecule has 2 aromatic carbocycles. The van der Waals surface area contributed by atoms with E-state index in [-0.39, 0.29) is 18.0 Å². The van der Waals surface area contributed by atoms with Gasteiger partial charge in [0.05, 0.1) is 18.4 Å². The van der Waals surface area contributed by atoms with Crippen molar-refractivity contribution < 1.29 is 29.0 Å². The van der Waals surface area contributed by atoms with E-state index in [1.165, 1.54) is 19.3 Å². The monoisotopic (exact) mass is 590 g/mol. The Labute approximate surface area is 252 Å². The van der Waals surface area contributed by atoms with Gasteiger partial charge in [-0.1, -0.05) is 69.5 Å². The fourth-order valence-corrected chi connectivity index (χ4v) is 5.41. The van der Waals surface area contributed by atoms with Crippen LogP contribution in [0.2, 0.25) is 0 Å². The number of carbonyl (C=O) groups is 3. The normalized spacial score (nSPS) is 14.2. The second kappa shape index (κ2) is 15.2. The smallest absolute Gasteiger partial charge is 0.322 e. The minimum atomic E-state index is -1.13. The highest BCUT2D eigenvalue weighted by atomic mass is 16.5. The number of carbonyl (C=O) groups excluding carboxylic acids is 2. The summed E-state index contributed by atoms with van der Waals surface area (Å²) in [6.07, 6.45) is 5.74. The van der Waals surface area contributed by atoms with Gasteiger partial charge in [-0.25, -0.2) is 0 Å². The zero-order valence-corrected chi connectivity index (χ0v) is 25.2. The summed E-state index contributed by atoms with van der Waals surface area (Å²) >= 11 is 0. The number of aromatic nitrogens is 2. The Morgan fingerprint density at radius 1 is 1.02 bits per heavy atom. The number of ether oxygens (including phenoxy) is 2. The van der Waals surface area contributed by atoms with Crippen LogP contribution in [0.25, 0.3) is 11.3 Å². The molecule has 1 fully saturated rings. The van der Waals surface area contributed by atoms with Crippen LogP contribution in [-0.2, 0) is 22.7 Å². The standard InChI is InChI=1S/C33H42N4O6/c1-22(2)25(18-30(38)34-19-31(39)40)35-33(41)26-17-27(37(36-26)20-23-11-6-4-7-12-23)32-28(42-3)15-10-16-29(32)43-21-24-13-8-5-9-14-24/h5,8-10,13-17,22-23,25H,4,6-7,11-12,18-21H2,1-3H3,(H,34,38)(H,35,41)(H,39,40). The number of carboxylic acids is 1. The first kappa shape index (κ1) is 31.6. The van der Waals surface area contributed by atoms with Crippen molar-refractivity contribution in [2.45, 2.75) is 71.6 Å². The van der Waals surface area contributed by atoms with Crippen molar-refractivity contribution in [3.8, 4) is 22.8 Å². The van der Waals surface area contributed by atoms with Crippen molar-refractivity contribution in [2.24, 2.45) is 11.8 Å². The van der Waals surface area contributed by atoms with E-state index < -0.39 is 30.4 Å². The second-order valence-electron chi connectivity index (χ2n) is 11.4. The van der Waals surface area contributed by atoms with Gasteiger partial charge in [-0.05, 0) is 48.4 Å². The summed E-state index contributed by atoms with van der Waals surface area (Å²) in [7, 11) is 1.61. The maximum Gasteiger partial charge on any atom is 0.322 e. The third-order valence-electron chi connectivity index (χ3n) is 7.83. The van der Waals surface area contributed by atoms with Gasteiger partial charge in [0, 0.05) is 19.0 Å². The maximum absolute atomic E-state index is 13.6. The number of rotatable bonds is 14. The Balaban J connectivity index is 1.65. The Bertz CT molecular complexity index is 1380. The molecule has 1 atom stereocenters. The summed E-state index contributed by atoms with van der Waals surface area (Å²) in [4.78, 5) is 36.8. The molecule has 1 aliphatic rings. The van der Waals surface area contributed by atoms with E-state index in [2.05, 4.69) is 10.6 Å². The third-order valence-corrected chi connectivity index (χ3v) is 7.83. The van der Waals surface area contributed by atoms with Crippen LogP contribution in [0.1, 0.15) is 68.4 Å². The van der Waals surface area contributed by atoms with E-state index in [0.29, 0.717) is 30.6 Å². The Morgan fingerprint density at radius 2 is 1.74 bits per heavy atom. The number of hydrogen-bond donors (Lipinski definition) is 3. The molecule has 0 radical (unpaired) electrons. The Kier molecular flexibility index (Phi) is 11.2. The van der Waals surface area contributed by atoms with Gasteiger partial charge in [0.15, 0.2) is 5.69 Å². The highest BCUT2D eigenvalue weighted by Crippen LogP contribution is 2.40. The quantitative estimate of drug-likeness (QED) is 0.239. The zero-order valence-electron chi connectivity index (χ0n) is 25.2. The molecule has 43 heavy (non-hydrogen) atoms. The molecule has 0 saturated heterocycles. The van der Waals surface area contributed by atoms with E-state index in [1.807, 2.05) is 67.1 Å². The van der Waals surface area contributed by atoms with E-state index in [1.54, 1.807) is 13.2 Å². The molecule has 1 aromatic heterocycles. The lowest BCUT2D eigenvalue weighted by Crippen LogP contribution is -2.43. The third kappa shape index (κ3) is 8.83. The van der Waals surface area contributed by atoms with Crippen molar-refractivity contribution in [3.63, 3.8) is 0 Å². The number of methoxy groups -OCH3 is 1. The lowest BCUT2D eigenvalue weighted by Gasteiger charge is -2.23. The number of amides is 2. The fourth-order valence-electron chi connectivity index (χ4n) is 5.41. The minimum Gasteiger partial charge on any atom is -0.496 e. The largest absolute Gasteiger partial charge is 0.496 e. The van der Waals surface area contributed by atoms with Gasteiger partial charge in [-0.2, -0.15) is 5.10 Å². The van der Waals surface area contributed by atoms with E-state index >= 15 is 0 Å². The van der Waals surface area contributed by atoms with Crippen LogP contribution in [0.3, 0.4) is 0 Å². The maximum atomic E-state index is 13.6. The van der Waals surface area contributed by atoms with Gasteiger partial charge in [0.2, 0.25) is 5.91 Å². The van der Waals surface area contributed by atoms with Crippen LogP contribution in [0.15, 0.2) is 54.6 Å². The number of hydrogen-bond acceptors (Lipinski definition) is 6. The van der Waals surface area contributed by atoms with Gasteiger partial charge in [-0.15, -0.1) is 0 Å². The molecule has 10 nitrogen and oxygen atoms in total. The summed E-state index contributed by atoms with van der Waals surface area (Å²) in [5, 5.41) is 19.0. The molecule has 0 spiro atoms. The van der Waals surface area contributed by atoms with Crippen molar-refractivity contribution in [1.82, 2.24) is 20.4 Å². The average Bonchev–Trinajstić information content (AvgIpc) is 3.42. The molecule has 3 aromatic rings. The molecule has 10 heteroatoms. The van der Waals surface area contributed by atoms with Crippen LogP contribution < -0.4 is 20.1 Å². The lowest BCUT2D eigenvalue weighted by molar-refractivity contribution is -0.138. The number of nitrogens with one attached hydrogen (secondary N) is 2. The SMILES string of the molecule is COc1cccc(OCc2ccccc2)c1-c1cc(C(=O)NC(CC(=O)NCC(=O)O)C(C)C)nn1CC1CCCCC1. The summed E-state index contributed by atoms with van der Waals surface area (Å²) < 4.78 is 14.0. The predicted octanol–water partition coefficient (Wildman–Crippen LogP) is 5.06. The lowest BCUT2D eigenvalue weighted by atomic mass is 9.89. The Hall–Kier alpha value is -4.34. The summed E-state index contributed by atoms with van der Waals surface area (Å²) in [5.74, 6) is -0.386. The second-order valence-corrected chi connectivity index (χ2v) is 11.4. The number of aliphatic carboxylic acids is 1. The predicted molar refractivity (Wildman–Crippen MR) is 163 cm³/mol. The molecular formula is C33H42N4O6. The fraction of sp³-hybridized carbons (Fsp3) is 0.455. The van der Waals surface area contributed by atoms with Crippen molar-refractivity contribution >= 4 is 17.8 Å².